The average molecular weight is 425 g/mol. The quantitative estimate of drug-likeness (QED) is 0.633. The first-order chi connectivity index (χ1) is 14.9. The highest BCUT2D eigenvalue weighted by atomic mass is 16.5. The van der Waals surface area contributed by atoms with Crippen LogP contribution in [0.3, 0.4) is 0 Å². The lowest BCUT2D eigenvalue weighted by atomic mass is 10.1. The monoisotopic (exact) mass is 425 g/mol. The van der Waals surface area contributed by atoms with Gasteiger partial charge in [-0.2, -0.15) is 0 Å². The summed E-state index contributed by atoms with van der Waals surface area (Å²) in [4.78, 5) is 27.9. The Bertz CT molecular complexity index is 1020. The van der Waals surface area contributed by atoms with Crippen LogP contribution in [0.1, 0.15) is 35.2 Å². The lowest BCUT2D eigenvalue weighted by molar-refractivity contribution is -0.123. The molecule has 1 saturated carbocycles. The number of nitrogens with one attached hydrogen (secondary N) is 1. The molecule has 2 aliphatic rings. The number of hydrogen-bond donors (Lipinski definition) is 3. The van der Waals surface area contributed by atoms with Gasteiger partial charge in [-0.05, 0) is 43.0 Å². The highest BCUT2D eigenvalue weighted by Crippen LogP contribution is 2.29. The number of benzene rings is 1. The first-order valence-corrected chi connectivity index (χ1v) is 10.3. The molecule has 9 heteroatoms. The van der Waals surface area contributed by atoms with Gasteiger partial charge in [-0.15, -0.1) is 0 Å². The second-order valence-electron chi connectivity index (χ2n) is 8.11. The standard InChI is InChI=1S/C22H27N5O4/c1-12-6-13(8-14(7-12)31-3)10-27(2)22(30)19-18-16(9-23-19)24-11-25-21(18)26-15-4-5-17(28)20(15)29/h6-8,11,15,17,20,28-29H,4-5,9-10H2,1-3H3,(H,24,25,26)/t15-,17-,20+/m1/s1. The van der Waals surface area contributed by atoms with Crippen LogP contribution in [-0.2, 0) is 17.9 Å². The highest BCUT2D eigenvalue weighted by Gasteiger charge is 2.36. The first kappa shape index (κ1) is 21.2. The number of aromatic nitrogens is 2. The molecule has 3 N–H and O–H groups in total. The number of ether oxygens (including phenoxy) is 1. The number of likely N-dealkylation sites (N-methyl/N-ethyl adjacent to an activating group) is 1. The van der Waals surface area contributed by atoms with Crippen LogP contribution < -0.4 is 10.1 Å². The number of carbonyl (C=O) groups excluding carboxylic acids is 1. The maximum absolute atomic E-state index is 13.2. The number of nitrogens with zero attached hydrogens (tertiary/aromatic N) is 4. The summed E-state index contributed by atoms with van der Waals surface area (Å²) in [5, 5.41) is 23.2. The molecule has 3 atom stereocenters. The smallest absolute Gasteiger partial charge is 0.272 e. The molecule has 1 aliphatic carbocycles. The third-order valence-corrected chi connectivity index (χ3v) is 5.77. The van der Waals surface area contributed by atoms with Gasteiger partial charge in [-0.1, -0.05) is 6.07 Å². The number of anilines is 1. The van der Waals surface area contributed by atoms with Crippen molar-refractivity contribution in [1.29, 1.82) is 0 Å². The van der Waals surface area contributed by atoms with E-state index in [4.69, 9.17) is 4.74 Å². The van der Waals surface area contributed by atoms with Crippen LogP contribution in [0.5, 0.6) is 5.75 Å². The number of carbonyl (C=O) groups is 1. The van der Waals surface area contributed by atoms with Crippen LogP contribution in [0.4, 0.5) is 5.82 Å². The minimum absolute atomic E-state index is 0.232. The van der Waals surface area contributed by atoms with Gasteiger partial charge in [0.05, 0.1) is 43.2 Å². The van der Waals surface area contributed by atoms with Gasteiger partial charge in [-0.3, -0.25) is 9.79 Å². The minimum Gasteiger partial charge on any atom is -0.497 e. The van der Waals surface area contributed by atoms with E-state index in [2.05, 4.69) is 20.3 Å². The molecule has 2 heterocycles. The zero-order chi connectivity index (χ0) is 22.1. The summed E-state index contributed by atoms with van der Waals surface area (Å²) in [6, 6.07) is 5.51. The molecular formula is C22H27N5O4. The fourth-order valence-electron chi connectivity index (χ4n) is 4.16. The highest BCUT2D eigenvalue weighted by molar-refractivity contribution is 6.47. The summed E-state index contributed by atoms with van der Waals surface area (Å²) in [7, 11) is 3.35. The molecule has 9 nitrogen and oxygen atoms in total. The Morgan fingerprint density at radius 1 is 1.26 bits per heavy atom. The van der Waals surface area contributed by atoms with Gasteiger partial charge in [0.1, 0.15) is 23.6 Å². The Kier molecular flexibility index (Phi) is 5.88. The molecule has 0 unspecified atom stereocenters. The van der Waals surface area contributed by atoms with Gasteiger partial charge < -0.3 is 25.2 Å². The number of rotatable bonds is 6. The number of aliphatic hydroxyl groups excluding tert-OH is 2. The van der Waals surface area contributed by atoms with Crippen molar-refractivity contribution in [3.8, 4) is 5.75 Å². The van der Waals surface area contributed by atoms with Gasteiger partial charge in [-0.25, -0.2) is 9.97 Å². The zero-order valence-electron chi connectivity index (χ0n) is 17.9. The Labute approximate surface area is 180 Å². The fourth-order valence-corrected chi connectivity index (χ4v) is 4.16. The van der Waals surface area contributed by atoms with E-state index in [1.54, 1.807) is 19.1 Å². The van der Waals surface area contributed by atoms with Crippen molar-refractivity contribution < 1.29 is 19.7 Å². The first-order valence-electron chi connectivity index (χ1n) is 10.3. The van der Waals surface area contributed by atoms with E-state index in [9.17, 15) is 15.0 Å². The largest absolute Gasteiger partial charge is 0.497 e. The lowest BCUT2D eigenvalue weighted by Gasteiger charge is -2.22. The molecule has 4 rings (SSSR count). The number of aliphatic imine (C=N–C) groups is 1. The minimum atomic E-state index is -0.887. The molecule has 0 spiro atoms. The molecule has 0 radical (unpaired) electrons. The molecular weight excluding hydrogens is 398 g/mol. The van der Waals surface area contributed by atoms with Gasteiger partial charge in [0.25, 0.3) is 5.91 Å². The summed E-state index contributed by atoms with van der Waals surface area (Å²) in [5.41, 5.74) is 3.54. The van der Waals surface area contributed by atoms with E-state index in [0.717, 1.165) is 16.9 Å². The van der Waals surface area contributed by atoms with Crippen molar-refractivity contribution in [3.63, 3.8) is 0 Å². The molecule has 1 aliphatic heterocycles. The molecule has 0 bridgehead atoms. The van der Waals surface area contributed by atoms with Crippen LogP contribution in [0.25, 0.3) is 0 Å². The lowest BCUT2D eigenvalue weighted by Crippen LogP contribution is -2.36. The van der Waals surface area contributed by atoms with E-state index in [1.165, 1.54) is 6.33 Å². The van der Waals surface area contributed by atoms with Gasteiger partial charge in [0, 0.05) is 13.6 Å². The summed E-state index contributed by atoms with van der Waals surface area (Å²) in [6.45, 7) is 2.68. The predicted molar refractivity (Wildman–Crippen MR) is 115 cm³/mol. The second kappa shape index (κ2) is 8.60. The summed E-state index contributed by atoms with van der Waals surface area (Å²) in [5.74, 6) is 0.971. The van der Waals surface area contributed by atoms with Crippen molar-refractivity contribution in [2.75, 3.05) is 19.5 Å². The predicted octanol–water partition coefficient (Wildman–Crippen LogP) is 1.05. The SMILES string of the molecule is COc1cc(C)cc(CN(C)C(=O)C2=NCc3ncnc(N[C@@H]4CC[C@@H](O)[C@H]4O)c32)c1. The average Bonchev–Trinajstić information content (AvgIpc) is 3.32. The molecule has 164 valence electrons. The Morgan fingerprint density at radius 3 is 2.77 bits per heavy atom. The van der Waals surface area contributed by atoms with Crippen LogP contribution >= 0.6 is 0 Å². The fraction of sp³-hybridized carbons (Fsp3) is 0.455. The van der Waals surface area contributed by atoms with E-state index in [-0.39, 0.29) is 11.9 Å². The van der Waals surface area contributed by atoms with Crippen LogP contribution in [-0.4, -0.2) is 69.1 Å². The van der Waals surface area contributed by atoms with Gasteiger partial charge in [0.15, 0.2) is 0 Å². The number of aliphatic hydroxyl groups is 2. The van der Waals surface area contributed by atoms with E-state index in [1.807, 2.05) is 25.1 Å². The molecule has 1 aromatic carbocycles. The number of amides is 1. The van der Waals surface area contributed by atoms with Crippen molar-refractivity contribution in [2.24, 2.45) is 4.99 Å². The Balaban J connectivity index is 1.54. The maximum atomic E-state index is 13.2. The van der Waals surface area contributed by atoms with Crippen LogP contribution in [0.2, 0.25) is 0 Å². The van der Waals surface area contributed by atoms with Crippen LogP contribution in [0.15, 0.2) is 29.5 Å². The maximum Gasteiger partial charge on any atom is 0.272 e. The summed E-state index contributed by atoms with van der Waals surface area (Å²) >= 11 is 0. The Morgan fingerprint density at radius 2 is 2.06 bits per heavy atom. The van der Waals surface area contributed by atoms with E-state index >= 15 is 0 Å². The normalized spacial score (nSPS) is 22.1. The zero-order valence-corrected chi connectivity index (χ0v) is 17.9. The molecule has 31 heavy (non-hydrogen) atoms. The van der Waals surface area contributed by atoms with Gasteiger partial charge >= 0.3 is 0 Å². The molecule has 1 aromatic heterocycles. The molecule has 1 amide bonds. The van der Waals surface area contributed by atoms with Crippen molar-refractivity contribution in [1.82, 2.24) is 14.9 Å². The molecule has 1 fully saturated rings. The van der Waals surface area contributed by atoms with Gasteiger partial charge in [0.2, 0.25) is 0 Å². The van der Waals surface area contributed by atoms with E-state index < -0.39 is 12.2 Å². The van der Waals surface area contributed by atoms with Crippen molar-refractivity contribution >= 4 is 17.4 Å². The second-order valence-corrected chi connectivity index (χ2v) is 8.11. The van der Waals surface area contributed by atoms with Crippen molar-refractivity contribution in [2.45, 2.75) is 51.1 Å². The van der Waals surface area contributed by atoms with Crippen molar-refractivity contribution in [3.05, 3.63) is 46.9 Å². The molecule has 2 aromatic rings. The summed E-state index contributed by atoms with van der Waals surface area (Å²) in [6.07, 6.45) is 0.886. The Hall–Kier alpha value is -3.04. The number of hydrogen-bond acceptors (Lipinski definition) is 8. The number of aryl methyl sites for hydroxylation is 1. The topological polar surface area (TPSA) is 120 Å². The summed E-state index contributed by atoms with van der Waals surface area (Å²) < 4.78 is 5.33. The third-order valence-electron chi connectivity index (χ3n) is 5.77. The van der Waals surface area contributed by atoms with E-state index in [0.29, 0.717) is 48.7 Å². The molecule has 0 saturated heterocycles. The number of methoxy groups -OCH3 is 1. The third kappa shape index (κ3) is 4.24. The van der Waals surface area contributed by atoms with Crippen LogP contribution in [0, 0.1) is 6.92 Å². The number of fused-ring (bicyclic) bond motifs is 1.